The van der Waals surface area contributed by atoms with Gasteiger partial charge in [0.25, 0.3) is 0 Å². The molecule has 0 spiro atoms. The van der Waals surface area contributed by atoms with Crippen LogP contribution in [0.1, 0.15) is 18.2 Å². The van der Waals surface area contributed by atoms with Crippen LogP contribution in [0.15, 0.2) is 35.7 Å². The second-order valence-electron chi connectivity index (χ2n) is 4.49. The summed E-state index contributed by atoms with van der Waals surface area (Å²) in [6.45, 7) is 2.91. The number of anilines is 1. The van der Waals surface area contributed by atoms with Crippen LogP contribution in [0.5, 0.6) is 0 Å². The normalized spacial score (nSPS) is 12.3. The molecule has 0 fully saturated rings. The Kier molecular flexibility index (Phi) is 4.73. The Morgan fingerprint density at radius 2 is 2.11 bits per heavy atom. The second-order valence-corrected chi connectivity index (χ2v) is 5.35. The summed E-state index contributed by atoms with van der Waals surface area (Å²) >= 11 is 1.65. The highest BCUT2D eigenvalue weighted by atomic mass is 32.1. The predicted octanol–water partition coefficient (Wildman–Crippen LogP) is 2.69. The van der Waals surface area contributed by atoms with Gasteiger partial charge in [0.2, 0.25) is 0 Å². The van der Waals surface area contributed by atoms with Crippen molar-refractivity contribution >= 4 is 16.5 Å². The topological polar surface area (TPSA) is 50.9 Å². The van der Waals surface area contributed by atoms with Crippen molar-refractivity contribution in [2.24, 2.45) is 5.73 Å². The van der Waals surface area contributed by atoms with Crippen molar-refractivity contribution in [3.8, 4) is 0 Å². The number of nitrogens with one attached hydrogen (secondary N) is 1. The molecule has 0 aliphatic carbocycles. The van der Waals surface area contributed by atoms with E-state index in [0.717, 1.165) is 30.2 Å². The molecule has 3 nitrogen and oxygen atoms in total. The van der Waals surface area contributed by atoms with Gasteiger partial charge in [0.15, 0.2) is 5.13 Å². The van der Waals surface area contributed by atoms with E-state index >= 15 is 0 Å². The largest absolute Gasteiger partial charge is 0.361 e. The summed E-state index contributed by atoms with van der Waals surface area (Å²) in [5, 5.41) is 6.42. The van der Waals surface area contributed by atoms with E-state index in [1.807, 2.05) is 13.0 Å². The first-order chi connectivity index (χ1) is 8.74. The summed E-state index contributed by atoms with van der Waals surface area (Å²) in [6.07, 6.45) is 1.86. The second kappa shape index (κ2) is 6.52. The van der Waals surface area contributed by atoms with Crippen LogP contribution < -0.4 is 11.1 Å². The third kappa shape index (κ3) is 4.13. The molecular weight excluding hydrogens is 242 g/mol. The summed E-state index contributed by atoms with van der Waals surface area (Å²) in [5.74, 6) is 0. The van der Waals surface area contributed by atoms with E-state index < -0.39 is 0 Å². The first-order valence-corrected chi connectivity index (χ1v) is 7.10. The van der Waals surface area contributed by atoms with E-state index in [-0.39, 0.29) is 6.04 Å². The SMILES string of the molecule is CC(N)Cc1csc(NCCc2ccccc2)n1. The zero-order valence-electron chi connectivity index (χ0n) is 10.6. The summed E-state index contributed by atoms with van der Waals surface area (Å²) in [7, 11) is 0. The van der Waals surface area contributed by atoms with Crippen LogP contribution in [0.3, 0.4) is 0 Å². The van der Waals surface area contributed by atoms with Gasteiger partial charge in [0.05, 0.1) is 5.69 Å². The van der Waals surface area contributed by atoms with Crippen molar-refractivity contribution in [3.05, 3.63) is 47.0 Å². The maximum Gasteiger partial charge on any atom is 0.182 e. The molecule has 0 aliphatic rings. The Bertz CT molecular complexity index is 465. The summed E-state index contributed by atoms with van der Waals surface area (Å²) < 4.78 is 0. The van der Waals surface area contributed by atoms with E-state index in [1.54, 1.807) is 11.3 Å². The predicted molar refractivity (Wildman–Crippen MR) is 78.1 cm³/mol. The molecule has 0 aliphatic heterocycles. The van der Waals surface area contributed by atoms with E-state index in [0.29, 0.717) is 0 Å². The molecular formula is C14H19N3S. The number of aromatic nitrogens is 1. The molecule has 1 aromatic heterocycles. The van der Waals surface area contributed by atoms with Gasteiger partial charge in [0, 0.05) is 24.4 Å². The minimum Gasteiger partial charge on any atom is -0.361 e. The average molecular weight is 261 g/mol. The number of thiazole rings is 1. The molecule has 1 heterocycles. The monoisotopic (exact) mass is 261 g/mol. The standard InChI is InChI=1S/C14H19N3S/c1-11(15)9-13-10-18-14(17-13)16-8-7-12-5-3-2-4-6-12/h2-6,10-11H,7-9,15H2,1H3,(H,16,17). The first-order valence-electron chi connectivity index (χ1n) is 6.22. The molecule has 18 heavy (non-hydrogen) atoms. The lowest BCUT2D eigenvalue weighted by atomic mass is 10.1. The highest BCUT2D eigenvalue weighted by Crippen LogP contribution is 2.16. The van der Waals surface area contributed by atoms with Gasteiger partial charge in [-0.3, -0.25) is 0 Å². The number of rotatable bonds is 6. The minimum atomic E-state index is 0.171. The highest BCUT2D eigenvalue weighted by Gasteiger charge is 2.03. The third-order valence-corrected chi connectivity index (χ3v) is 3.46. The molecule has 0 saturated heterocycles. The van der Waals surface area contributed by atoms with Crippen molar-refractivity contribution < 1.29 is 0 Å². The van der Waals surface area contributed by atoms with Gasteiger partial charge in [0.1, 0.15) is 0 Å². The molecule has 3 N–H and O–H groups in total. The fourth-order valence-electron chi connectivity index (χ4n) is 1.77. The van der Waals surface area contributed by atoms with Gasteiger partial charge in [-0.05, 0) is 18.9 Å². The number of hydrogen-bond acceptors (Lipinski definition) is 4. The van der Waals surface area contributed by atoms with Gasteiger partial charge >= 0.3 is 0 Å². The molecule has 2 rings (SSSR count). The van der Waals surface area contributed by atoms with Crippen LogP contribution in [0.4, 0.5) is 5.13 Å². The number of benzene rings is 1. The van der Waals surface area contributed by atoms with E-state index in [1.165, 1.54) is 5.56 Å². The zero-order chi connectivity index (χ0) is 12.8. The molecule has 0 radical (unpaired) electrons. The molecule has 0 bridgehead atoms. The Morgan fingerprint density at radius 1 is 1.33 bits per heavy atom. The quantitative estimate of drug-likeness (QED) is 0.840. The van der Waals surface area contributed by atoms with Gasteiger partial charge in [-0.15, -0.1) is 11.3 Å². The van der Waals surface area contributed by atoms with Crippen LogP contribution in [-0.4, -0.2) is 17.6 Å². The summed E-state index contributed by atoms with van der Waals surface area (Å²) in [5.41, 5.74) is 8.18. The number of nitrogens with zero attached hydrogens (tertiary/aromatic N) is 1. The molecule has 1 unspecified atom stereocenters. The van der Waals surface area contributed by atoms with E-state index in [9.17, 15) is 0 Å². The van der Waals surface area contributed by atoms with Crippen LogP contribution in [0, 0.1) is 0 Å². The molecule has 4 heteroatoms. The molecule has 0 amide bonds. The molecule has 1 aromatic carbocycles. The van der Waals surface area contributed by atoms with Gasteiger partial charge in [-0.1, -0.05) is 30.3 Å². The van der Waals surface area contributed by atoms with Crippen molar-refractivity contribution in [1.29, 1.82) is 0 Å². The Morgan fingerprint density at radius 3 is 2.83 bits per heavy atom. The van der Waals surface area contributed by atoms with Gasteiger partial charge in [-0.2, -0.15) is 0 Å². The zero-order valence-corrected chi connectivity index (χ0v) is 11.4. The summed E-state index contributed by atoms with van der Waals surface area (Å²) in [6, 6.07) is 10.6. The molecule has 2 aromatic rings. The van der Waals surface area contributed by atoms with Gasteiger partial charge < -0.3 is 11.1 Å². The lowest BCUT2D eigenvalue weighted by Crippen LogP contribution is -2.17. The van der Waals surface area contributed by atoms with Gasteiger partial charge in [-0.25, -0.2) is 4.98 Å². The van der Waals surface area contributed by atoms with Crippen LogP contribution >= 0.6 is 11.3 Å². The minimum absolute atomic E-state index is 0.171. The van der Waals surface area contributed by atoms with Crippen molar-refractivity contribution in [3.63, 3.8) is 0 Å². The van der Waals surface area contributed by atoms with E-state index in [2.05, 4.69) is 39.9 Å². The van der Waals surface area contributed by atoms with Crippen molar-refractivity contribution in [2.75, 3.05) is 11.9 Å². The number of nitrogens with two attached hydrogens (primary N) is 1. The fourth-order valence-corrected chi connectivity index (χ4v) is 2.52. The maximum atomic E-state index is 5.75. The lowest BCUT2D eigenvalue weighted by Gasteiger charge is -2.03. The highest BCUT2D eigenvalue weighted by molar-refractivity contribution is 7.13. The number of hydrogen-bond donors (Lipinski definition) is 2. The Labute approximate surface area is 112 Å². The first kappa shape index (κ1) is 13.1. The van der Waals surface area contributed by atoms with E-state index in [4.69, 9.17) is 5.73 Å². The molecule has 96 valence electrons. The average Bonchev–Trinajstić information content (AvgIpc) is 2.77. The molecule has 1 atom stereocenters. The van der Waals surface area contributed by atoms with Crippen molar-refractivity contribution in [2.45, 2.75) is 25.8 Å². The Balaban J connectivity index is 1.78. The smallest absolute Gasteiger partial charge is 0.182 e. The maximum absolute atomic E-state index is 5.75. The van der Waals surface area contributed by atoms with Crippen LogP contribution in [0.2, 0.25) is 0 Å². The van der Waals surface area contributed by atoms with Crippen molar-refractivity contribution in [1.82, 2.24) is 4.98 Å². The third-order valence-electron chi connectivity index (χ3n) is 2.62. The fraction of sp³-hybridized carbons (Fsp3) is 0.357. The van der Waals surface area contributed by atoms with Crippen LogP contribution in [-0.2, 0) is 12.8 Å². The Hall–Kier alpha value is -1.39. The lowest BCUT2D eigenvalue weighted by molar-refractivity contribution is 0.726. The summed E-state index contributed by atoms with van der Waals surface area (Å²) in [4.78, 5) is 4.51. The molecule has 0 saturated carbocycles. The van der Waals surface area contributed by atoms with Crippen LogP contribution in [0.25, 0.3) is 0 Å².